The van der Waals surface area contributed by atoms with Crippen LogP contribution >= 0.6 is 0 Å². The number of phenols is 1. The molecule has 1 rings (SSSR count). The van der Waals surface area contributed by atoms with Gasteiger partial charge in [0.25, 0.3) is 0 Å². The van der Waals surface area contributed by atoms with Crippen LogP contribution in [0.25, 0.3) is 0 Å². The molecule has 0 aliphatic carbocycles. The molecular formula is C12H20N2O2. The lowest BCUT2D eigenvalue weighted by Gasteiger charge is -2.17. The highest BCUT2D eigenvalue weighted by Crippen LogP contribution is 2.02. The lowest BCUT2D eigenvalue weighted by atomic mass is 10.3. The van der Waals surface area contributed by atoms with E-state index in [-0.39, 0.29) is 5.91 Å². The van der Waals surface area contributed by atoms with E-state index in [2.05, 4.69) is 5.43 Å². The minimum Gasteiger partial charge on any atom is -0.508 e. The Morgan fingerprint density at radius 1 is 1.25 bits per heavy atom. The monoisotopic (exact) mass is 224 g/mol. The van der Waals surface area contributed by atoms with Crippen molar-refractivity contribution < 1.29 is 9.90 Å². The molecule has 2 N–H and O–H groups in total. The van der Waals surface area contributed by atoms with Gasteiger partial charge in [-0.2, -0.15) is 0 Å². The number of carbonyl (C=O) groups is 1. The molecule has 0 aromatic heterocycles. The van der Waals surface area contributed by atoms with Gasteiger partial charge >= 0.3 is 0 Å². The molecule has 0 aliphatic heterocycles. The number of benzene rings is 1. The van der Waals surface area contributed by atoms with Crippen molar-refractivity contribution in [1.82, 2.24) is 10.4 Å². The first kappa shape index (κ1) is 14.5. The lowest BCUT2D eigenvalue weighted by molar-refractivity contribution is -0.123. The summed E-state index contributed by atoms with van der Waals surface area (Å²) in [5, 5.41) is 10.5. The molecule has 0 heterocycles. The number of para-hydroxylation sites is 1. The highest BCUT2D eigenvalue weighted by molar-refractivity contribution is 5.72. The molecule has 0 bridgehead atoms. The fourth-order valence-corrected chi connectivity index (χ4v) is 1.03. The standard InChI is InChI=1S/C6H14N2O.C6H6O/c1-4-8(5-2)7-6(3)9;7-6-4-2-1-3-5-6/h4-5H2,1-3H3,(H,7,9);1-5,7H. The smallest absolute Gasteiger partial charge is 0.231 e. The molecular weight excluding hydrogens is 204 g/mol. The number of amides is 1. The Morgan fingerprint density at radius 2 is 1.75 bits per heavy atom. The van der Waals surface area contributed by atoms with Crippen molar-refractivity contribution in [2.24, 2.45) is 0 Å². The van der Waals surface area contributed by atoms with Gasteiger partial charge in [-0.15, -0.1) is 0 Å². The molecule has 1 aromatic rings. The summed E-state index contributed by atoms with van der Waals surface area (Å²) in [5.74, 6) is 0.321. The second-order valence-corrected chi connectivity index (χ2v) is 3.18. The highest BCUT2D eigenvalue weighted by Gasteiger charge is 1.97. The van der Waals surface area contributed by atoms with Gasteiger partial charge in [0.1, 0.15) is 5.75 Å². The minimum atomic E-state index is -0.00120. The second kappa shape index (κ2) is 8.73. The van der Waals surface area contributed by atoms with Gasteiger partial charge in [0.2, 0.25) is 5.91 Å². The molecule has 16 heavy (non-hydrogen) atoms. The van der Waals surface area contributed by atoms with E-state index in [1.54, 1.807) is 24.3 Å². The van der Waals surface area contributed by atoms with E-state index >= 15 is 0 Å². The van der Waals surface area contributed by atoms with Crippen LogP contribution in [0.15, 0.2) is 30.3 Å². The molecule has 0 aliphatic rings. The highest BCUT2D eigenvalue weighted by atomic mass is 16.3. The predicted octanol–water partition coefficient (Wildman–Crippen LogP) is 1.77. The number of carbonyl (C=O) groups excluding carboxylic acids is 1. The summed E-state index contributed by atoms with van der Waals surface area (Å²) < 4.78 is 0. The largest absolute Gasteiger partial charge is 0.508 e. The molecule has 0 spiro atoms. The van der Waals surface area contributed by atoms with Crippen LogP contribution in [-0.4, -0.2) is 29.1 Å². The van der Waals surface area contributed by atoms with Crippen molar-refractivity contribution in [2.75, 3.05) is 13.1 Å². The van der Waals surface area contributed by atoms with Crippen LogP contribution in [0.3, 0.4) is 0 Å². The fraction of sp³-hybridized carbons (Fsp3) is 0.417. The molecule has 1 aromatic carbocycles. The maximum atomic E-state index is 10.4. The third kappa shape index (κ3) is 7.82. The van der Waals surface area contributed by atoms with E-state index in [1.807, 2.05) is 24.9 Å². The van der Waals surface area contributed by atoms with Gasteiger partial charge in [0.05, 0.1) is 0 Å². The van der Waals surface area contributed by atoms with Crippen molar-refractivity contribution in [1.29, 1.82) is 0 Å². The quantitative estimate of drug-likeness (QED) is 0.769. The van der Waals surface area contributed by atoms with Gasteiger partial charge < -0.3 is 5.11 Å². The zero-order valence-electron chi connectivity index (χ0n) is 10.1. The van der Waals surface area contributed by atoms with Crippen molar-refractivity contribution in [3.63, 3.8) is 0 Å². The maximum absolute atomic E-state index is 10.4. The average Bonchev–Trinajstić information content (AvgIpc) is 2.27. The predicted molar refractivity (Wildman–Crippen MR) is 64.8 cm³/mol. The Hall–Kier alpha value is -1.55. The summed E-state index contributed by atoms with van der Waals surface area (Å²) >= 11 is 0. The van der Waals surface area contributed by atoms with Crippen LogP contribution in [0.4, 0.5) is 0 Å². The maximum Gasteiger partial charge on any atom is 0.231 e. The number of aromatic hydroxyl groups is 1. The summed E-state index contributed by atoms with van der Waals surface area (Å²) in [5.41, 5.74) is 2.67. The summed E-state index contributed by atoms with van der Waals surface area (Å²) in [7, 11) is 0. The number of rotatable bonds is 3. The number of nitrogens with zero attached hydrogens (tertiary/aromatic N) is 1. The number of hydrazine groups is 1. The van der Waals surface area contributed by atoms with Gasteiger partial charge in [-0.05, 0) is 12.1 Å². The number of hydrogen-bond donors (Lipinski definition) is 2. The molecule has 0 atom stereocenters. The third-order valence-corrected chi connectivity index (χ3v) is 1.84. The summed E-state index contributed by atoms with van der Waals surface area (Å²) in [4.78, 5) is 10.4. The second-order valence-electron chi connectivity index (χ2n) is 3.18. The normalized spacial score (nSPS) is 9.25. The van der Waals surface area contributed by atoms with Gasteiger partial charge in [0, 0.05) is 20.0 Å². The molecule has 4 nitrogen and oxygen atoms in total. The van der Waals surface area contributed by atoms with Crippen molar-refractivity contribution in [3.05, 3.63) is 30.3 Å². The summed E-state index contributed by atoms with van der Waals surface area (Å²) in [6.07, 6.45) is 0. The first-order chi connectivity index (χ1) is 7.60. The van der Waals surface area contributed by atoms with E-state index < -0.39 is 0 Å². The van der Waals surface area contributed by atoms with Gasteiger partial charge in [-0.25, -0.2) is 5.01 Å². The first-order valence-corrected chi connectivity index (χ1v) is 5.36. The number of nitrogens with one attached hydrogen (secondary N) is 1. The van der Waals surface area contributed by atoms with E-state index in [0.29, 0.717) is 5.75 Å². The fourth-order valence-electron chi connectivity index (χ4n) is 1.03. The van der Waals surface area contributed by atoms with Crippen LogP contribution in [0.2, 0.25) is 0 Å². The van der Waals surface area contributed by atoms with Gasteiger partial charge in [0.15, 0.2) is 0 Å². The van der Waals surface area contributed by atoms with E-state index in [4.69, 9.17) is 5.11 Å². The average molecular weight is 224 g/mol. The molecule has 0 saturated carbocycles. The van der Waals surface area contributed by atoms with Crippen LogP contribution in [0.5, 0.6) is 5.75 Å². The Balaban J connectivity index is 0.000000288. The Labute approximate surface area is 96.9 Å². The molecule has 0 unspecified atom stereocenters. The molecule has 90 valence electrons. The minimum absolute atomic E-state index is 0.00120. The number of phenolic OH excluding ortho intramolecular Hbond substituents is 1. The lowest BCUT2D eigenvalue weighted by Crippen LogP contribution is -2.40. The van der Waals surface area contributed by atoms with Crippen molar-refractivity contribution in [3.8, 4) is 5.75 Å². The Morgan fingerprint density at radius 3 is 1.94 bits per heavy atom. The Bertz CT molecular complexity index is 284. The van der Waals surface area contributed by atoms with Crippen LogP contribution in [-0.2, 0) is 4.79 Å². The van der Waals surface area contributed by atoms with Crippen molar-refractivity contribution in [2.45, 2.75) is 20.8 Å². The van der Waals surface area contributed by atoms with Crippen LogP contribution in [0.1, 0.15) is 20.8 Å². The van der Waals surface area contributed by atoms with E-state index in [1.165, 1.54) is 6.92 Å². The molecule has 0 radical (unpaired) electrons. The van der Waals surface area contributed by atoms with Gasteiger partial charge in [-0.3, -0.25) is 10.2 Å². The summed E-state index contributed by atoms with van der Waals surface area (Å²) in [6.45, 7) is 7.23. The Kier molecular flexibility index (Phi) is 7.89. The van der Waals surface area contributed by atoms with Crippen LogP contribution in [0, 0.1) is 0 Å². The zero-order valence-corrected chi connectivity index (χ0v) is 10.1. The first-order valence-electron chi connectivity index (χ1n) is 5.36. The molecule has 1 amide bonds. The van der Waals surface area contributed by atoms with E-state index in [0.717, 1.165) is 13.1 Å². The molecule has 4 heteroatoms. The van der Waals surface area contributed by atoms with Crippen LogP contribution < -0.4 is 5.43 Å². The van der Waals surface area contributed by atoms with Gasteiger partial charge in [-0.1, -0.05) is 32.0 Å². The van der Waals surface area contributed by atoms with Crippen molar-refractivity contribution >= 4 is 5.91 Å². The SMILES string of the molecule is CCN(CC)NC(C)=O.Oc1ccccc1. The third-order valence-electron chi connectivity index (χ3n) is 1.84. The summed E-state index contributed by atoms with van der Waals surface area (Å²) in [6, 6.07) is 8.71. The topological polar surface area (TPSA) is 52.6 Å². The molecule has 0 fully saturated rings. The van der Waals surface area contributed by atoms with E-state index in [9.17, 15) is 4.79 Å². The zero-order chi connectivity index (χ0) is 12.4. The number of hydrogen-bond acceptors (Lipinski definition) is 3. The molecule has 0 saturated heterocycles.